The zero-order valence-corrected chi connectivity index (χ0v) is 16.1. The fourth-order valence-electron chi connectivity index (χ4n) is 2.36. The predicted octanol–water partition coefficient (Wildman–Crippen LogP) is 4.59. The molecule has 0 N–H and O–H groups in total. The van der Waals surface area contributed by atoms with Crippen LogP contribution in [0.3, 0.4) is 0 Å². The molecule has 0 saturated carbocycles. The van der Waals surface area contributed by atoms with E-state index in [0.29, 0.717) is 26.6 Å². The Morgan fingerprint density at radius 1 is 1.12 bits per heavy atom. The molecule has 1 fully saturated rings. The van der Waals surface area contributed by atoms with E-state index in [2.05, 4.69) is 4.99 Å². The second-order valence-electron chi connectivity index (χ2n) is 5.45. The molecule has 1 saturated heterocycles. The Balaban J connectivity index is 1.91. The minimum absolute atomic E-state index is 0.111. The fourth-order valence-corrected chi connectivity index (χ4v) is 3.46. The van der Waals surface area contributed by atoms with Gasteiger partial charge in [0.25, 0.3) is 5.91 Å². The minimum Gasteiger partial charge on any atom is -0.497 e. The third-order valence-electron chi connectivity index (χ3n) is 3.78. The van der Waals surface area contributed by atoms with Gasteiger partial charge in [0.1, 0.15) is 11.5 Å². The van der Waals surface area contributed by atoms with Crippen LogP contribution >= 0.6 is 23.4 Å². The molecule has 3 rings (SSSR count). The smallest absolute Gasteiger partial charge is 0.266 e. The first-order valence-electron chi connectivity index (χ1n) is 7.75. The van der Waals surface area contributed by atoms with Gasteiger partial charge < -0.3 is 9.47 Å². The van der Waals surface area contributed by atoms with Gasteiger partial charge in [0.2, 0.25) is 0 Å². The number of rotatable bonds is 4. The molecular weight excluding hydrogens is 372 g/mol. The Kier molecular flexibility index (Phi) is 5.54. The summed E-state index contributed by atoms with van der Waals surface area (Å²) in [5, 5.41) is 1.25. The zero-order valence-electron chi connectivity index (χ0n) is 14.5. The molecule has 0 atom stereocenters. The van der Waals surface area contributed by atoms with Crippen LogP contribution in [0.15, 0.2) is 52.4 Å². The first-order valence-corrected chi connectivity index (χ1v) is 8.95. The third kappa shape index (κ3) is 3.86. The van der Waals surface area contributed by atoms with E-state index < -0.39 is 0 Å². The molecule has 1 aliphatic rings. The summed E-state index contributed by atoms with van der Waals surface area (Å²) in [6, 6.07) is 12.6. The van der Waals surface area contributed by atoms with Crippen molar-refractivity contribution in [1.29, 1.82) is 0 Å². The number of aliphatic imine (C=N–C) groups is 1. The number of amidine groups is 1. The second-order valence-corrected chi connectivity index (χ2v) is 6.90. The lowest BCUT2D eigenvalue weighted by atomic mass is 10.1. The summed E-state index contributed by atoms with van der Waals surface area (Å²) in [6.07, 6.45) is 1.80. The van der Waals surface area contributed by atoms with E-state index in [1.54, 1.807) is 45.5 Å². The molecule has 7 heteroatoms. The molecule has 0 radical (unpaired) electrons. The van der Waals surface area contributed by atoms with Gasteiger partial charge in [0.15, 0.2) is 5.17 Å². The monoisotopic (exact) mass is 388 g/mol. The highest BCUT2D eigenvalue weighted by Crippen LogP contribution is 2.35. The minimum atomic E-state index is -0.111. The topological polar surface area (TPSA) is 51.1 Å². The van der Waals surface area contributed by atoms with Gasteiger partial charge in [-0.05, 0) is 54.2 Å². The number of carbonyl (C=O) groups is 1. The van der Waals surface area contributed by atoms with Gasteiger partial charge in [-0.2, -0.15) is 0 Å². The summed E-state index contributed by atoms with van der Waals surface area (Å²) < 4.78 is 10.6. The number of hydrogen-bond acceptors (Lipinski definition) is 5. The van der Waals surface area contributed by atoms with Crippen molar-refractivity contribution < 1.29 is 14.3 Å². The van der Waals surface area contributed by atoms with Gasteiger partial charge in [0.05, 0.1) is 24.8 Å². The number of likely N-dealkylation sites (N-methyl/N-ethyl adjacent to an activating group) is 1. The van der Waals surface area contributed by atoms with Crippen LogP contribution in [0.4, 0.5) is 5.69 Å². The quantitative estimate of drug-likeness (QED) is 0.719. The molecule has 1 amide bonds. The lowest BCUT2D eigenvalue weighted by molar-refractivity contribution is -0.121. The van der Waals surface area contributed by atoms with Gasteiger partial charge in [-0.25, -0.2) is 4.99 Å². The van der Waals surface area contributed by atoms with E-state index in [1.165, 1.54) is 16.7 Å². The molecule has 0 aliphatic carbocycles. The highest BCUT2D eigenvalue weighted by atomic mass is 35.5. The molecule has 26 heavy (non-hydrogen) atoms. The maximum atomic E-state index is 12.6. The molecule has 1 aliphatic heterocycles. The molecule has 0 bridgehead atoms. The average Bonchev–Trinajstić information content (AvgIpc) is 2.92. The third-order valence-corrected chi connectivity index (χ3v) is 5.09. The largest absolute Gasteiger partial charge is 0.497 e. The van der Waals surface area contributed by atoms with Gasteiger partial charge >= 0.3 is 0 Å². The van der Waals surface area contributed by atoms with E-state index in [9.17, 15) is 4.79 Å². The van der Waals surface area contributed by atoms with E-state index in [-0.39, 0.29) is 5.91 Å². The van der Waals surface area contributed by atoms with E-state index in [0.717, 1.165) is 11.3 Å². The van der Waals surface area contributed by atoms with Crippen molar-refractivity contribution >= 4 is 46.2 Å². The zero-order chi connectivity index (χ0) is 18.7. The van der Waals surface area contributed by atoms with Crippen LogP contribution in [0, 0.1) is 0 Å². The Bertz CT molecular complexity index is 894. The number of amides is 1. The van der Waals surface area contributed by atoms with Gasteiger partial charge in [0, 0.05) is 23.7 Å². The van der Waals surface area contributed by atoms with Crippen molar-refractivity contribution in [3.05, 3.63) is 58.0 Å². The number of nitrogens with zero attached hydrogens (tertiary/aromatic N) is 2. The van der Waals surface area contributed by atoms with Crippen LogP contribution in [0.5, 0.6) is 11.5 Å². The summed E-state index contributed by atoms with van der Waals surface area (Å²) in [6.45, 7) is 0. The normalized spacial score (nSPS) is 17.2. The molecule has 2 aromatic carbocycles. The maximum Gasteiger partial charge on any atom is 0.266 e. The predicted molar refractivity (Wildman–Crippen MR) is 106 cm³/mol. The van der Waals surface area contributed by atoms with Crippen molar-refractivity contribution in [1.82, 2.24) is 4.90 Å². The number of thioether (sulfide) groups is 1. The van der Waals surface area contributed by atoms with Crippen LogP contribution in [0.25, 0.3) is 6.08 Å². The van der Waals surface area contributed by atoms with Crippen molar-refractivity contribution in [2.75, 3.05) is 21.3 Å². The maximum absolute atomic E-state index is 12.6. The fraction of sp³-hybridized carbons (Fsp3) is 0.158. The summed E-state index contributed by atoms with van der Waals surface area (Å²) in [5.41, 5.74) is 1.53. The molecule has 2 aromatic rings. The van der Waals surface area contributed by atoms with Crippen LogP contribution in [-0.4, -0.2) is 37.2 Å². The van der Waals surface area contributed by atoms with Gasteiger partial charge in [-0.15, -0.1) is 0 Å². The van der Waals surface area contributed by atoms with Crippen molar-refractivity contribution in [2.45, 2.75) is 0 Å². The van der Waals surface area contributed by atoms with E-state index >= 15 is 0 Å². The Labute approximate surface area is 161 Å². The number of methoxy groups -OCH3 is 2. The summed E-state index contributed by atoms with van der Waals surface area (Å²) >= 11 is 7.21. The summed E-state index contributed by atoms with van der Waals surface area (Å²) in [5.74, 6) is 1.22. The Morgan fingerprint density at radius 3 is 2.50 bits per heavy atom. The van der Waals surface area contributed by atoms with E-state index in [1.807, 2.05) is 24.3 Å². The Hall–Kier alpha value is -2.44. The van der Waals surface area contributed by atoms with Gasteiger partial charge in [-0.1, -0.05) is 11.6 Å². The highest BCUT2D eigenvalue weighted by molar-refractivity contribution is 8.18. The lowest BCUT2D eigenvalue weighted by Gasteiger charge is -2.08. The standard InChI is InChI=1S/C19H17ClN2O3S/c1-22-18(23)17(10-12-4-9-15(24-2)11-16(12)25-3)26-19(22)21-14-7-5-13(20)6-8-14/h4-11H,1-3H3/b17-10+,21-19?. The molecule has 5 nitrogen and oxygen atoms in total. The number of halogens is 1. The average molecular weight is 389 g/mol. The first kappa shape index (κ1) is 18.4. The molecule has 0 aromatic heterocycles. The van der Waals surface area contributed by atoms with Crippen LogP contribution in [-0.2, 0) is 4.79 Å². The molecule has 0 spiro atoms. The number of hydrogen-bond donors (Lipinski definition) is 0. The van der Waals surface area contributed by atoms with Crippen LogP contribution < -0.4 is 9.47 Å². The van der Waals surface area contributed by atoms with E-state index in [4.69, 9.17) is 21.1 Å². The number of carbonyl (C=O) groups excluding carboxylic acids is 1. The first-order chi connectivity index (χ1) is 12.5. The molecule has 134 valence electrons. The summed E-state index contributed by atoms with van der Waals surface area (Å²) in [4.78, 5) is 19.2. The second kappa shape index (κ2) is 7.85. The number of ether oxygens (including phenoxy) is 2. The SMILES string of the molecule is COc1ccc(/C=C2/SC(=Nc3ccc(Cl)cc3)N(C)C2=O)c(OC)c1. The molecular formula is C19H17ClN2O3S. The molecule has 0 unspecified atom stereocenters. The highest BCUT2D eigenvalue weighted by Gasteiger charge is 2.30. The number of benzene rings is 2. The Morgan fingerprint density at radius 2 is 1.85 bits per heavy atom. The van der Waals surface area contributed by atoms with Crippen LogP contribution in [0.2, 0.25) is 5.02 Å². The van der Waals surface area contributed by atoms with Crippen molar-refractivity contribution in [3.63, 3.8) is 0 Å². The molecule has 1 heterocycles. The van der Waals surface area contributed by atoms with Gasteiger partial charge in [-0.3, -0.25) is 9.69 Å². The van der Waals surface area contributed by atoms with Crippen LogP contribution in [0.1, 0.15) is 5.56 Å². The van der Waals surface area contributed by atoms with Crippen molar-refractivity contribution in [2.24, 2.45) is 4.99 Å². The van der Waals surface area contributed by atoms with Crippen molar-refractivity contribution in [3.8, 4) is 11.5 Å². The summed E-state index contributed by atoms with van der Waals surface area (Å²) in [7, 11) is 4.88. The lowest BCUT2D eigenvalue weighted by Crippen LogP contribution is -2.23.